The molecule has 0 spiro atoms. The number of nitrogens with zero attached hydrogens (tertiary/aromatic N) is 3. The molecule has 8 nitrogen and oxygen atoms in total. The summed E-state index contributed by atoms with van der Waals surface area (Å²) in [6.45, 7) is 4.17. The molecule has 2 aliphatic heterocycles. The van der Waals surface area contributed by atoms with Crippen LogP contribution in [0.2, 0.25) is 0 Å². The number of carbonyl (C=O) groups excluding carboxylic acids is 1. The number of fused-ring (bicyclic) bond motifs is 2. The Morgan fingerprint density at radius 1 is 1.02 bits per heavy atom. The molecule has 0 radical (unpaired) electrons. The number of alkyl halides is 3. The van der Waals surface area contributed by atoms with Crippen LogP contribution in [-0.2, 0) is 11.4 Å². The number of benzene rings is 2. The zero-order chi connectivity index (χ0) is 31.0. The number of likely N-dealkylation sites (tertiary alicyclic amines) is 1. The Balaban J connectivity index is 1.21. The zero-order valence-electron chi connectivity index (χ0n) is 24.3. The molecule has 6 rings (SSSR count). The molecule has 2 saturated heterocycles. The number of aromatic nitrogens is 1. The molecule has 3 atom stereocenters. The van der Waals surface area contributed by atoms with Gasteiger partial charge >= 0.3 is 12.3 Å². The number of hydrogen-bond donors (Lipinski definition) is 1. The summed E-state index contributed by atoms with van der Waals surface area (Å²) in [6.07, 6.45) is -0.371. The van der Waals surface area contributed by atoms with Crippen molar-refractivity contribution in [1.82, 2.24) is 9.88 Å². The normalized spacial score (nSPS) is 21.8. The minimum atomic E-state index is -4.94. The standard InChI is InChI=1S/C32H34F3N3O5S/c1-19-5-10-26(24(13-19)25-18-44-31(36-25)38-15-21-7-8-22(16-38)28(21)30(40)41)42-17-23-9-6-20(14-27(23)43-32(33,34)35)29(39)37-11-3-2-4-12-37/h5-6,9-10,13-14,18,21-22,28H,2-4,7-8,11-12,15-17H2,1H3,(H,40,41)/t21-,22+,28+. The number of rotatable bonds is 8. The molecule has 3 fully saturated rings. The van der Waals surface area contributed by atoms with Gasteiger partial charge in [-0.3, -0.25) is 9.59 Å². The molecule has 3 aromatic rings. The number of thiazole rings is 1. The van der Waals surface area contributed by atoms with Crippen LogP contribution in [-0.4, -0.2) is 59.4 Å². The highest BCUT2D eigenvalue weighted by Crippen LogP contribution is 2.44. The van der Waals surface area contributed by atoms with Crippen molar-refractivity contribution in [2.45, 2.75) is 52.0 Å². The summed E-state index contributed by atoms with van der Waals surface area (Å²) in [5.41, 5.74) is 2.63. The average Bonchev–Trinajstić information content (AvgIpc) is 3.59. The first-order valence-corrected chi connectivity index (χ1v) is 15.8. The van der Waals surface area contributed by atoms with Gasteiger partial charge in [0.25, 0.3) is 5.91 Å². The Morgan fingerprint density at radius 3 is 2.43 bits per heavy atom. The van der Waals surface area contributed by atoms with Gasteiger partial charge in [0, 0.05) is 48.2 Å². The van der Waals surface area contributed by atoms with E-state index in [0.717, 1.165) is 48.9 Å². The summed E-state index contributed by atoms with van der Waals surface area (Å²) in [5.74, 6) is -1.15. The summed E-state index contributed by atoms with van der Waals surface area (Å²) in [5, 5.41) is 12.4. The van der Waals surface area contributed by atoms with E-state index in [-0.39, 0.29) is 41.4 Å². The van der Waals surface area contributed by atoms with E-state index in [9.17, 15) is 27.9 Å². The Kier molecular flexibility index (Phi) is 8.45. The maximum atomic E-state index is 13.4. The lowest BCUT2D eigenvalue weighted by atomic mass is 9.85. The van der Waals surface area contributed by atoms with Crippen molar-refractivity contribution in [3.63, 3.8) is 0 Å². The van der Waals surface area contributed by atoms with E-state index in [1.165, 1.54) is 23.5 Å². The predicted octanol–water partition coefficient (Wildman–Crippen LogP) is 6.77. The first kappa shape index (κ1) is 30.2. The number of carboxylic acids is 1. The Labute approximate surface area is 257 Å². The monoisotopic (exact) mass is 629 g/mol. The van der Waals surface area contributed by atoms with Gasteiger partial charge in [-0.1, -0.05) is 17.7 Å². The van der Waals surface area contributed by atoms with E-state index in [1.807, 2.05) is 24.4 Å². The van der Waals surface area contributed by atoms with E-state index in [0.29, 0.717) is 43.2 Å². The van der Waals surface area contributed by atoms with Crippen LogP contribution in [0.5, 0.6) is 11.5 Å². The highest BCUT2D eigenvalue weighted by Gasteiger charge is 2.46. The van der Waals surface area contributed by atoms with Crippen LogP contribution in [0.1, 0.15) is 53.6 Å². The van der Waals surface area contributed by atoms with Crippen LogP contribution >= 0.6 is 11.3 Å². The largest absolute Gasteiger partial charge is 0.573 e. The summed E-state index contributed by atoms with van der Waals surface area (Å²) in [6, 6.07) is 9.65. The topological polar surface area (TPSA) is 92.2 Å². The fourth-order valence-corrected chi connectivity index (χ4v) is 7.59. The first-order valence-electron chi connectivity index (χ1n) is 14.9. The molecule has 3 heterocycles. The number of anilines is 1. The van der Waals surface area contributed by atoms with Crippen LogP contribution in [0, 0.1) is 24.7 Å². The van der Waals surface area contributed by atoms with Crippen molar-refractivity contribution in [2.75, 3.05) is 31.1 Å². The Morgan fingerprint density at radius 2 is 1.75 bits per heavy atom. The van der Waals surface area contributed by atoms with E-state index in [4.69, 9.17) is 9.72 Å². The van der Waals surface area contributed by atoms with Crippen molar-refractivity contribution in [3.8, 4) is 22.8 Å². The fraction of sp³-hybridized carbons (Fsp3) is 0.469. The van der Waals surface area contributed by atoms with Crippen molar-refractivity contribution in [3.05, 3.63) is 58.5 Å². The van der Waals surface area contributed by atoms with Crippen molar-refractivity contribution >= 4 is 28.3 Å². The predicted molar refractivity (Wildman–Crippen MR) is 159 cm³/mol. The number of carboxylic acid groups (broad SMARTS) is 1. The number of halogens is 3. The number of piperidine rings is 2. The van der Waals surface area contributed by atoms with Gasteiger partial charge in [-0.05, 0) is 75.1 Å². The lowest BCUT2D eigenvalue weighted by Gasteiger charge is -2.35. The fourth-order valence-electron chi connectivity index (χ4n) is 6.75. The third-order valence-corrected chi connectivity index (χ3v) is 9.76. The minimum absolute atomic E-state index is 0.103. The molecule has 234 valence electrons. The SMILES string of the molecule is Cc1ccc(OCc2ccc(C(=O)N3CCCCC3)cc2OC(F)(F)F)c(-c2csc(N3C[C@H]4CC[C@@H](C3)[C@H]4C(=O)O)n2)c1. The molecule has 2 aromatic carbocycles. The van der Waals surface area contributed by atoms with Crippen molar-refractivity contribution < 1.29 is 37.3 Å². The number of amides is 1. The van der Waals surface area contributed by atoms with E-state index in [2.05, 4.69) is 9.64 Å². The Bertz CT molecular complexity index is 1520. The second kappa shape index (κ2) is 12.3. The molecule has 0 unspecified atom stereocenters. The van der Waals surface area contributed by atoms with Gasteiger partial charge in [-0.2, -0.15) is 0 Å². The zero-order valence-corrected chi connectivity index (χ0v) is 25.1. The maximum Gasteiger partial charge on any atom is 0.573 e. The lowest BCUT2D eigenvalue weighted by molar-refractivity contribution is -0.275. The lowest BCUT2D eigenvalue weighted by Crippen LogP contribution is -2.44. The number of aliphatic carboxylic acids is 1. The van der Waals surface area contributed by atoms with Crippen LogP contribution in [0.25, 0.3) is 11.3 Å². The maximum absolute atomic E-state index is 13.4. The number of ether oxygens (including phenoxy) is 2. The minimum Gasteiger partial charge on any atom is -0.488 e. The molecule has 1 saturated carbocycles. The quantitative estimate of drug-likeness (QED) is 0.294. The van der Waals surface area contributed by atoms with Gasteiger partial charge < -0.3 is 24.4 Å². The highest BCUT2D eigenvalue weighted by molar-refractivity contribution is 7.14. The van der Waals surface area contributed by atoms with E-state index in [1.54, 1.807) is 11.0 Å². The summed E-state index contributed by atoms with van der Waals surface area (Å²) >= 11 is 1.48. The molecular weight excluding hydrogens is 595 g/mol. The molecule has 12 heteroatoms. The van der Waals surface area contributed by atoms with Gasteiger partial charge in [0.15, 0.2) is 5.13 Å². The van der Waals surface area contributed by atoms with Gasteiger partial charge in [0.05, 0.1) is 11.6 Å². The van der Waals surface area contributed by atoms with Gasteiger partial charge in [-0.15, -0.1) is 24.5 Å². The molecule has 2 bridgehead atoms. The summed E-state index contributed by atoms with van der Waals surface area (Å²) in [7, 11) is 0. The second-order valence-electron chi connectivity index (χ2n) is 11.9. The van der Waals surface area contributed by atoms with Gasteiger partial charge in [0.1, 0.15) is 18.1 Å². The number of hydrogen-bond acceptors (Lipinski definition) is 7. The molecule has 1 N–H and O–H groups in total. The third kappa shape index (κ3) is 6.50. The van der Waals surface area contributed by atoms with Crippen LogP contribution in [0.15, 0.2) is 41.8 Å². The smallest absolute Gasteiger partial charge is 0.488 e. The van der Waals surface area contributed by atoms with Crippen LogP contribution in [0.4, 0.5) is 18.3 Å². The Hall–Kier alpha value is -3.80. The molecule has 3 aliphatic rings. The second-order valence-corrected chi connectivity index (χ2v) is 12.7. The first-order chi connectivity index (χ1) is 21.1. The summed E-state index contributed by atoms with van der Waals surface area (Å²) < 4.78 is 50.5. The molecule has 1 aromatic heterocycles. The van der Waals surface area contributed by atoms with Gasteiger partial charge in [0.2, 0.25) is 0 Å². The summed E-state index contributed by atoms with van der Waals surface area (Å²) in [4.78, 5) is 33.4. The van der Waals surface area contributed by atoms with Crippen LogP contribution in [0.3, 0.4) is 0 Å². The third-order valence-electron chi connectivity index (χ3n) is 8.86. The van der Waals surface area contributed by atoms with Crippen LogP contribution < -0.4 is 14.4 Å². The molecular formula is C32H34F3N3O5S. The van der Waals surface area contributed by atoms with Crippen molar-refractivity contribution in [1.29, 1.82) is 0 Å². The van der Waals surface area contributed by atoms with Gasteiger partial charge in [-0.25, -0.2) is 4.98 Å². The molecule has 1 aliphatic carbocycles. The number of carbonyl (C=O) groups is 2. The molecule has 44 heavy (non-hydrogen) atoms. The molecule has 1 amide bonds. The number of aryl methyl sites for hydroxylation is 1. The highest BCUT2D eigenvalue weighted by atomic mass is 32.1. The van der Waals surface area contributed by atoms with Crippen molar-refractivity contribution in [2.24, 2.45) is 17.8 Å². The van der Waals surface area contributed by atoms with E-state index >= 15 is 0 Å². The average molecular weight is 630 g/mol. The van der Waals surface area contributed by atoms with E-state index < -0.39 is 18.1 Å².